The summed E-state index contributed by atoms with van der Waals surface area (Å²) in [5.41, 5.74) is 9.69. The lowest BCUT2D eigenvalue weighted by molar-refractivity contribution is -0.383. The van der Waals surface area contributed by atoms with Crippen molar-refractivity contribution in [3.63, 3.8) is 0 Å². The van der Waals surface area contributed by atoms with E-state index in [1.54, 1.807) is 34.3 Å². The minimum atomic E-state index is -4.71. The maximum atomic E-state index is 12.5. The molecule has 2 atom stereocenters. The van der Waals surface area contributed by atoms with Gasteiger partial charge >= 0.3 is 37.2 Å². The summed E-state index contributed by atoms with van der Waals surface area (Å²) in [4.78, 5) is 80.6. The van der Waals surface area contributed by atoms with Crippen LogP contribution < -0.4 is 55.2 Å². The average Bonchev–Trinajstić information content (AvgIpc) is 1.24. The van der Waals surface area contributed by atoms with E-state index in [1.807, 2.05) is 6.07 Å². The summed E-state index contributed by atoms with van der Waals surface area (Å²) in [6, 6.07) is 16.3. The highest BCUT2D eigenvalue weighted by Gasteiger charge is 2.30. The zero-order chi connectivity index (χ0) is 65.6. The SMILES string of the molecule is CCS(=O)(=O)c1cccnc1S(=O)(=O)NC(=O)Nc1nc(OC)cc(OC)n1.CP(=O)(O)CCC(N)C(=O)O.Nc1c([N+](=O)[O-])ccc(Oc2ccccc2)c1Cl.O=C(Nc1nc(OC(F)F)cc(OC(F)F)n1)NS(=O)(=O)c1ccccc1C(=O)O. The highest BCUT2D eigenvalue weighted by atomic mass is 35.5. The molecular weight excluding hydrogens is 1280 g/mol. The molecule has 6 aromatic rings. The number of hydrogen-bond acceptors (Lipinski definition) is 25. The van der Waals surface area contributed by atoms with Gasteiger partial charge in [-0.15, -0.1) is 0 Å². The number of carboxylic acids is 2. The van der Waals surface area contributed by atoms with Crippen LogP contribution in [0.4, 0.5) is 50.4 Å². The van der Waals surface area contributed by atoms with Crippen LogP contribution in [0, 0.1) is 10.1 Å². The van der Waals surface area contributed by atoms with Crippen molar-refractivity contribution >= 4 is 96.1 Å². The van der Waals surface area contributed by atoms with Gasteiger partial charge < -0.3 is 50.3 Å². The molecule has 33 nitrogen and oxygen atoms in total. The van der Waals surface area contributed by atoms with Crippen molar-refractivity contribution in [3.05, 3.63) is 118 Å². The number of carbonyl (C=O) groups is 4. The number of methoxy groups -OCH3 is 2. The first-order valence-electron chi connectivity index (χ1n) is 23.2. The topological polar surface area (TPSA) is 502 Å². The molecule has 11 N–H and O–H groups in total. The minimum Gasteiger partial charge on any atom is -0.481 e. The van der Waals surface area contributed by atoms with Crippen molar-refractivity contribution in [1.82, 2.24) is 34.4 Å². The third kappa shape index (κ3) is 23.6. The number of alkyl halides is 4. The number of hydrogen-bond donors (Lipinski definition) is 9. The maximum Gasteiger partial charge on any atom is 0.388 e. The second-order valence-electron chi connectivity index (χ2n) is 16.0. The molecule has 0 bridgehead atoms. The van der Waals surface area contributed by atoms with Gasteiger partial charge in [0.2, 0.25) is 35.4 Å². The Labute approximate surface area is 494 Å². The lowest BCUT2D eigenvalue weighted by Gasteiger charge is -2.11. The molecule has 0 fully saturated rings. The summed E-state index contributed by atoms with van der Waals surface area (Å²) in [6.45, 7) is -4.28. The second-order valence-corrected chi connectivity index (χ2v) is 24.4. The van der Waals surface area contributed by atoms with E-state index in [4.69, 9.17) is 52.4 Å². The van der Waals surface area contributed by atoms with Gasteiger partial charge in [-0.05, 0) is 48.9 Å². The van der Waals surface area contributed by atoms with E-state index in [0.29, 0.717) is 11.8 Å². The van der Waals surface area contributed by atoms with E-state index in [1.165, 1.54) is 68.9 Å². The molecule has 6 rings (SSSR count). The van der Waals surface area contributed by atoms with Gasteiger partial charge in [0, 0.05) is 25.1 Å². The fraction of sp³-hybridized carbons (Fsp3) is 0.222. The first-order valence-corrected chi connectivity index (χ1v) is 30.5. The third-order valence-electron chi connectivity index (χ3n) is 9.68. The summed E-state index contributed by atoms with van der Waals surface area (Å²) in [6.07, 6.45) is 1.09. The predicted molar refractivity (Wildman–Crippen MR) is 294 cm³/mol. The van der Waals surface area contributed by atoms with Crippen LogP contribution in [0.25, 0.3) is 0 Å². The lowest BCUT2D eigenvalue weighted by atomic mass is 10.2. The molecule has 2 unspecified atom stereocenters. The van der Waals surface area contributed by atoms with Crippen LogP contribution in [0.3, 0.4) is 0 Å². The number of nitro groups is 1. The monoisotopic (exact) mass is 1330 g/mol. The standard InChI is InChI=1S/C14H10F4N4O7S.C14H17N5O7S2.C12H9ClN2O3.C5H12NO4P/c15-11(16)28-8-5-9(29-12(17)18)20-13(19-8)21-14(25)22-30(26,27)7-4-2-1-3-6(7)10(23)24;1-4-27(21,22)9-6-5-7-15-12(9)28(23,24)19-14(20)18-13-16-10(25-2)8-11(17-13)26-3;13-11-10(18-8-4-2-1-3-5-8)7-6-9(12(11)14)15(16)17;1-11(9,10)3-2-4(6)5(7)8/h1-5,11-12H,(H,23,24)(H2,19,20,21,22,25);5-8H,4H2,1-3H3,(H2,16,17,18,19,20);1-7H,14H2;4H,2-3,6H2,1H3,(H,7,8)(H,9,10). The van der Waals surface area contributed by atoms with Crippen molar-refractivity contribution in [2.45, 2.75) is 47.4 Å². The van der Waals surface area contributed by atoms with Crippen LogP contribution in [-0.2, 0) is 39.2 Å². The number of amides is 4. The number of para-hydroxylation sites is 1. The molecule has 0 radical (unpaired) electrons. The highest BCUT2D eigenvalue weighted by Crippen LogP contribution is 2.39. The van der Waals surface area contributed by atoms with Crippen LogP contribution >= 0.6 is 19.0 Å². The molecule has 0 aliphatic heterocycles. The zero-order valence-electron chi connectivity index (χ0n) is 44.7. The Morgan fingerprint density at radius 2 is 1.23 bits per heavy atom. The molecule has 0 spiro atoms. The van der Waals surface area contributed by atoms with Gasteiger partial charge in [0.05, 0.1) is 42.6 Å². The number of pyridine rings is 1. The molecule has 42 heteroatoms. The number of nitrogens with zero attached hydrogens (tertiary/aromatic N) is 6. The number of halogens is 5. The van der Waals surface area contributed by atoms with Crippen molar-refractivity contribution in [3.8, 4) is 35.0 Å². The Morgan fingerprint density at radius 1 is 0.747 bits per heavy atom. The first-order chi connectivity index (χ1) is 40.5. The van der Waals surface area contributed by atoms with Crippen molar-refractivity contribution < 1.29 is 110 Å². The Morgan fingerprint density at radius 3 is 1.70 bits per heavy atom. The van der Waals surface area contributed by atoms with Crippen LogP contribution in [0.5, 0.6) is 35.0 Å². The van der Waals surface area contributed by atoms with Gasteiger partial charge in [-0.1, -0.05) is 48.9 Å². The van der Waals surface area contributed by atoms with E-state index in [9.17, 15) is 76.7 Å². The number of nitro benzene ring substituents is 1. The Kier molecular flexibility index (Phi) is 26.7. The van der Waals surface area contributed by atoms with Gasteiger partial charge in [-0.25, -0.2) is 45.6 Å². The molecule has 0 aliphatic carbocycles. The summed E-state index contributed by atoms with van der Waals surface area (Å²) >= 11 is 5.94. The maximum absolute atomic E-state index is 12.5. The van der Waals surface area contributed by atoms with Crippen molar-refractivity contribution in [2.24, 2.45) is 5.73 Å². The number of nitrogens with one attached hydrogen (secondary N) is 4. The minimum absolute atomic E-state index is 0.0352. The number of aliphatic carboxylic acids is 1. The number of nitrogens with two attached hydrogens (primary N) is 2. The van der Waals surface area contributed by atoms with Crippen LogP contribution in [0.1, 0.15) is 23.7 Å². The number of carbonyl (C=O) groups excluding carboxylic acids is 2. The Hall–Kier alpha value is -9.34. The number of aromatic carboxylic acids is 1. The van der Waals surface area contributed by atoms with E-state index < -0.39 is 124 Å². The number of sulfonamides is 2. The molecule has 0 aliphatic rings. The molecule has 4 amide bonds. The number of sulfone groups is 1. The molecule has 3 aromatic heterocycles. The van der Waals surface area contributed by atoms with Gasteiger partial charge in [0.25, 0.3) is 25.7 Å². The number of nitrogen functional groups attached to an aromatic ring is 1. The normalized spacial score (nSPS) is 12.1. The molecule has 3 aromatic carbocycles. The average molecular weight is 1330 g/mol. The van der Waals surface area contributed by atoms with E-state index in [2.05, 4.69) is 39.7 Å². The number of rotatable bonds is 22. The molecular formula is C45H48ClF4N12O21PS3. The van der Waals surface area contributed by atoms with E-state index in [0.717, 1.165) is 24.4 Å². The Balaban J connectivity index is 0.000000321. The highest BCUT2D eigenvalue weighted by molar-refractivity contribution is 7.93. The molecule has 87 heavy (non-hydrogen) atoms. The summed E-state index contributed by atoms with van der Waals surface area (Å²) in [5.74, 6) is -5.26. The van der Waals surface area contributed by atoms with Crippen molar-refractivity contribution in [1.29, 1.82) is 0 Å². The molecule has 3 heterocycles. The zero-order valence-corrected chi connectivity index (χ0v) is 48.8. The van der Waals surface area contributed by atoms with E-state index in [-0.39, 0.29) is 58.2 Å². The van der Waals surface area contributed by atoms with Crippen LogP contribution in [0.2, 0.25) is 5.02 Å². The quantitative estimate of drug-likeness (QED) is 0.0135. The van der Waals surface area contributed by atoms with Crippen LogP contribution in [0.15, 0.2) is 112 Å². The van der Waals surface area contributed by atoms with Gasteiger partial charge in [-0.2, -0.15) is 45.9 Å². The van der Waals surface area contributed by atoms with Gasteiger partial charge in [-0.3, -0.25) is 30.1 Å². The summed E-state index contributed by atoms with van der Waals surface area (Å²) in [5, 5.41) is 31.0. The largest absolute Gasteiger partial charge is 0.481 e. The van der Waals surface area contributed by atoms with Gasteiger partial charge in [0.1, 0.15) is 38.0 Å². The fourth-order valence-electron chi connectivity index (χ4n) is 5.80. The number of carboxylic acid groups (broad SMARTS) is 2. The van der Waals surface area contributed by atoms with Crippen molar-refractivity contribution in [2.75, 3.05) is 49.2 Å². The number of ether oxygens (including phenoxy) is 5. The fourth-order valence-corrected chi connectivity index (χ4v) is 10.4. The second kappa shape index (κ2) is 32.2. The number of anilines is 3. The summed E-state index contributed by atoms with van der Waals surface area (Å²) < 4.78 is 160. The molecule has 472 valence electrons. The van der Waals surface area contributed by atoms with E-state index >= 15 is 0 Å². The molecule has 0 saturated carbocycles. The predicted octanol–water partition coefficient (Wildman–Crippen LogP) is 5.39. The molecule has 0 saturated heterocycles. The third-order valence-corrected chi connectivity index (χ3v) is 15.7. The van der Waals surface area contributed by atoms with Crippen LogP contribution in [-0.4, -0.2) is 146 Å². The Bertz CT molecular complexity index is 3780. The lowest BCUT2D eigenvalue weighted by Crippen LogP contribution is -2.36. The number of aromatic nitrogens is 5. The summed E-state index contributed by atoms with van der Waals surface area (Å²) in [7, 11) is -13.7. The van der Waals surface area contributed by atoms with Gasteiger partial charge in [0.15, 0.2) is 22.2 Å². The first kappa shape index (κ1) is 71.9. The number of benzene rings is 3. The number of urea groups is 2. The smallest absolute Gasteiger partial charge is 0.388 e.